The highest BCUT2D eigenvalue weighted by atomic mass is 16.6. The summed E-state index contributed by atoms with van der Waals surface area (Å²) in [4.78, 5) is 10.8. The molecule has 2 rings (SSSR count). The molecule has 1 N–H and O–H groups in total. The molecule has 104 valence electrons. The van der Waals surface area contributed by atoms with E-state index in [1.165, 1.54) is 7.11 Å². The van der Waals surface area contributed by atoms with Crippen molar-refractivity contribution in [1.82, 2.24) is 0 Å². The second-order valence-electron chi connectivity index (χ2n) is 4.39. The SMILES string of the molecule is COc1cccc(NC(C)c2ccccc2)c1[N+](=O)[O-]. The van der Waals surface area contributed by atoms with Crippen LogP contribution in [0.5, 0.6) is 5.75 Å². The van der Waals surface area contributed by atoms with Crippen molar-refractivity contribution in [1.29, 1.82) is 0 Å². The predicted octanol–water partition coefficient (Wildman–Crippen LogP) is 3.78. The number of rotatable bonds is 5. The van der Waals surface area contributed by atoms with Crippen LogP contribution in [0.4, 0.5) is 11.4 Å². The monoisotopic (exact) mass is 272 g/mol. The molecule has 0 spiro atoms. The topological polar surface area (TPSA) is 64.4 Å². The Morgan fingerprint density at radius 3 is 2.45 bits per heavy atom. The molecule has 0 aromatic heterocycles. The predicted molar refractivity (Wildman–Crippen MR) is 78.1 cm³/mol. The minimum atomic E-state index is -0.432. The van der Waals surface area contributed by atoms with E-state index in [1.54, 1.807) is 18.2 Å². The van der Waals surface area contributed by atoms with Crippen LogP contribution in [-0.2, 0) is 0 Å². The quantitative estimate of drug-likeness (QED) is 0.664. The normalized spacial score (nSPS) is 11.7. The molecule has 0 bridgehead atoms. The standard InChI is InChI=1S/C15H16N2O3/c1-11(12-7-4-3-5-8-12)16-13-9-6-10-14(20-2)15(13)17(18)19/h3-11,16H,1-2H3. The van der Waals surface area contributed by atoms with Crippen LogP contribution in [-0.4, -0.2) is 12.0 Å². The highest BCUT2D eigenvalue weighted by molar-refractivity contribution is 5.69. The summed E-state index contributed by atoms with van der Waals surface area (Å²) in [5.41, 5.74) is 1.47. The van der Waals surface area contributed by atoms with Gasteiger partial charge in [0.15, 0.2) is 5.75 Å². The molecular formula is C15H16N2O3. The highest BCUT2D eigenvalue weighted by Crippen LogP contribution is 2.36. The van der Waals surface area contributed by atoms with Crippen LogP contribution in [0.1, 0.15) is 18.5 Å². The number of hydrogen-bond acceptors (Lipinski definition) is 4. The average molecular weight is 272 g/mol. The van der Waals surface area contributed by atoms with Gasteiger partial charge in [-0.05, 0) is 24.6 Å². The van der Waals surface area contributed by atoms with Gasteiger partial charge in [-0.25, -0.2) is 0 Å². The van der Waals surface area contributed by atoms with Crippen molar-refractivity contribution in [3.05, 3.63) is 64.2 Å². The summed E-state index contributed by atoms with van der Waals surface area (Å²) in [6.07, 6.45) is 0. The van der Waals surface area contributed by atoms with Crippen LogP contribution < -0.4 is 10.1 Å². The van der Waals surface area contributed by atoms with Crippen molar-refractivity contribution < 1.29 is 9.66 Å². The van der Waals surface area contributed by atoms with Gasteiger partial charge in [-0.15, -0.1) is 0 Å². The van der Waals surface area contributed by atoms with Gasteiger partial charge in [-0.3, -0.25) is 10.1 Å². The summed E-state index contributed by atoms with van der Waals surface area (Å²) in [5.74, 6) is 0.250. The van der Waals surface area contributed by atoms with Crippen LogP contribution in [0.2, 0.25) is 0 Å². The number of methoxy groups -OCH3 is 1. The summed E-state index contributed by atoms with van der Waals surface area (Å²) in [5, 5.41) is 14.4. The molecule has 1 unspecified atom stereocenters. The largest absolute Gasteiger partial charge is 0.490 e. The summed E-state index contributed by atoms with van der Waals surface area (Å²) in [7, 11) is 1.42. The molecule has 0 radical (unpaired) electrons. The Balaban J connectivity index is 2.32. The van der Waals surface area contributed by atoms with Crippen molar-refractivity contribution in [2.24, 2.45) is 0 Å². The van der Waals surface area contributed by atoms with Crippen LogP contribution in [0.15, 0.2) is 48.5 Å². The molecule has 0 saturated heterocycles. The Morgan fingerprint density at radius 2 is 1.85 bits per heavy atom. The van der Waals surface area contributed by atoms with Crippen LogP contribution >= 0.6 is 0 Å². The third-order valence-corrected chi connectivity index (χ3v) is 3.07. The number of nitro groups is 1. The van der Waals surface area contributed by atoms with Gasteiger partial charge >= 0.3 is 5.69 Å². The molecule has 5 heteroatoms. The van der Waals surface area contributed by atoms with E-state index in [-0.39, 0.29) is 17.5 Å². The fourth-order valence-corrected chi connectivity index (χ4v) is 2.05. The van der Waals surface area contributed by atoms with Crippen LogP contribution in [0.25, 0.3) is 0 Å². The van der Waals surface area contributed by atoms with Gasteiger partial charge in [-0.2, -0.15) is 0 Å². The zero-order valence-corrected chi connectivity index (χ0v) is 11.4. The van der Waals surface area contributed by atoms with E-state index in [0.717, 1.165) is 5.56 Å². The molecular weight excluding hydrogens is 256 g/mol. The zero-order chi connectivity index (χ0) is 14.5. The maximum atomic E-state index is 11.2. The molecule has 0 aliphatic heterocycles. The van der Waals surface area contributed by atoms with Gasteiger partial charge in [0, 0.05) is 6.04 Å². The summed E-state index contributed by atoms with van der Waals surface area (Å²) in [6, 6.07) is 14.7. The first-order valence-electron chi connectivity index (χ1n) is 6.26. The van der Waals surface area contributed by atoms with E-state index < -0.39 is 4.92 Å². The Hall–Kier alpha value is -2.56. The smallest absolute Gasteiger partial charge is 0.333 e. The average Bonchev–Trinajstić information content (AvgIpc) is 2.47. The van der Waals surface area contributed by atoms with Gasteiger partial charge in [0.1, 0.15) is 5.69 Å². The number of nitro benzene ring substituents is 1. The number of anilines is 1. The molecule has 20 heavy (non-hydrogen) atoms. The highest BCUT2D eigenvalue weighted by Gasteiger charge is 2.21. The first-order valence-corrected chi connectivity index (χ1v) is 6.26. The fourth-order valence-electron chi connectivity index (χ4n) is 2.05. The number of para-hydroxylation sites is 1. The van der Waals surface area contributed by atoms with Gasteiger partial charge in [0.2, 0.25) is 0 Å². The lowest BCUT2D eigenvalue weighted by Crippen LogP contribution is -2.08. The maximum absolute atomic E-state index is 11.2. The Labute approximate surface area is 117 Å². The van der Waals surface area contributed by atoms with Crippen molar-refractivity contribution in [2.45, 2.75) is 13.0 Å². The molecule has 5 nitrogen and oxygen atoms in total. The first-order chi connectivity index (χ1) is 9.63. The second-order valence-corrected chi connectivity index (χ2v) is 4.39. The summed E-state index contributed by atoms with van der Waals surface area (Å²) < 4.78 is 5.05. The minimum Gasteiger partial charge on any atom is -0.490 e. The summed E-state index contributed by atoms with van der Waals surface area (Å²) >= 11 is 0. The third-order valence-electron chi connectivity index (χ3n) is 3.07. The van der Waals surface area contributed by atoms with Crippen LogP contribution in [0, 0.1) is 10.1 Å². The molecule has 0 heterocycles. The lowest BCUT2D eigenvalue weighted by molar-refractivity contribution is -0.384. The lowest BCUT2D eigenvalue weighted by Gasteiger charge is -2.16. The molecule has 0 saturated carbocycles. The van der Waals surface area contributed by atoms with E-state index in [1.807, 2.05) is 37.3 Å². The molecule has 0 amide bonds. The van der Waals surface area contributed by atoms with Gasteiger partial charge in [0.05, 0.1) is 12.0 Å². The minimum absolute atomic E-state index is 0.0398. The second kappa shape index (κ2) is 6.06. The third kappa shape index (κ3) is 2.88. The zero-order valence-electron chi connectivity index (χ0n) is 11.4. The molecule has 2 aromatic rings. The first kappa shape index (κ1) is 13.9. The van der Waals surface area contributed by atoms with E-state index in [4.69, 9.17) is 4.74 Å². The Kier molecular flexibility index (Phi) is 4.20. The van der Waals surface area contributed by atoms with Gasteiger partial charge in [0.25, 0.3) is 0 Å². The number of hydrogen-bond donors (Lipinski definition) is 1. The van der Waals surface area contributed by atoms with E-state index in [2.05, 4.69) is 5.32 Å². The van der Waals surface area contributed by atoms with Gasteiger partial charge < -0.3 is 10.1 Å². The van der Waals surface area contributed by atoms with E-state index in [0.29, 0.717) is 5.69 Å². The van der Waals surface area contributed by atoms with Crippen molar-refractivity contribution in [2.75, 3.05) is 12.4 Å². The number of benzene rings is 2. The molecule has 0 aliphatic carbocycles. The Bertz CT molecular complexity index is 599. The lowest BCUT2D eigenvalue weighted by atomic mass is 10.1. The van der Waals surface area contributed by atoms with Crippen molar-refractivity contribution in [3.8, 4) is 5.75 Å². The number of nitrogens with one attached hydrogen (secondary N) is 1. The van der Waals surface area contributed by atoms with Crippen LogP contribution in [0.3, 0.4) is 0 Å². The van der Waals surface area contributed by atoms with E-state index >= 15 is 0 Å². The number of ether oxygens (including phenoxy) is 1. The molecule has 1 atom stereocenters. The molecule has 0 fully saturated rings. The van der Waals surface area contributed by atoms with Crippen molar-refractivity contribution in [3.63, 3.8) is 0 Å². The van der Waals surface area contributed by atoms with E-state index in [9.17, 15) is 10.1 Å². The molecule has 0 aliphatic rings. The number of nitrogens with zero attached hydrogens (tertiary/aromatic N) is 1. The van der Waals surface area contributed by atoms with Gasteiger partial charge in [-0.1, -0.05) is 36.4 Å². The van der Waals surface area contributed by atoms with Crippen molar-refractivity contribution >= 4 is 11.4 Å². The Morgan fingerprint density at radius 1 is 1.15 bits per heavy atom. The maximum Gasteiger partial charge on any atom is 0.333 e. The fraction of sp³-hybridized carbons (Fsp3) is 0.200. The summed E-state index contributed by atoms with van der Waals surface area (Å²) in [6.45, 7) is 1.96. The molecule has 2 aromatic carbocycles.